The molecular formula is C31H33Cl2N3O4. The van der Waals surface area contributed by atoms with Crippen molar-refractivity contribution in [1.82, 2.24) is 5.32 Å². The summed E-state index contributed by atoms with van der Waals surface area (Å²) < 4.78 is 5.43. The zero-order chi connectivity index (χ0) is 28.8. The van der Waals surface area contributed by atoms with Gasteiger partial charge in [-0.05, 0) is 65.4 Å². The first-order valence-corrected chi connectivity index (χ1v) is 14.0. The Kier molecular flexibility index (Phi) is 7.50. The van der Waals surface area contributed by atoms with E-state index in [4.69, 9.17) is 27.9 Å². The lowest BCUT2D eigenvalue weighted by atomic mass is 9.63. The van der Waals surface area contributed by atoms with E-state index in [9.17, 15) is 14.7 Å². The zero-order valence-electron chi connectivity index (χ0n) is 22.8. The molecule has 0 bridgehead atoms. The Morgan fingerprint density at radius 3 is 2.50 bits per heavy atom. The quantitative estimate of drug-likeness (QED) is 0.263. The monoisotopic (exact) mass is 581 g/mol. The Morgan fingerprint density at radius 2 is 1.82 bits per heavy atom. The highest BCUT2D eigenvalue weighted by atomic mass is 35.5. The van der Waals surface area contributed by atoms with Crippen LogP contribution >= 0.6 is 23.2 Å². The largest absolute Gasteiger partial charge is 0.495 e. The molecule has 2 heterocycles. The molecule has 0 aromatic heterocycles. The summed E-state index contributed by atoms with van der Waals surface area (Å²) in [6.45, 7) is 7.21. The number of aromatic carboxylic acids is 1. The average Bonchev–Trinajstić information content (AvgIpc) is 3.41. The van der Waals surface area contributed by atoms with Crippen molar-refractivity contribution in [1.29, 1.82) is 0 Å². The van der Waals surface area contributed by atoms with Gasteiger partial charge < -0.3 is 25.8 Å². The maximum atomic E-state index is 14.2. The molecule has 4 N–H and O–H groups in total. The summed E-state index contributed by atoms with van der Waals surface area (Å²) in [4.78, 5) is 25.6. The van der Waals surface area contributed by atoms with Crippen LogP contribution < -0.4 is 20.7 Å². The van der Waals surface area contributed by atoms with Crippen LogP contribution in [0.4, 0.5) is 11.4 Å². The Bertz CT molecular complexity index is 1470. The summed E-state index contributed by atoms with van der Waals surface area (Å²) in [7, 11) is 1.44. The number of carboxylic acid groups (broad SMARTS) is 1. The Hall–Kier alpha value is -3.26. The van der Waals surface area contributed by atoms with Gasteiger partial charge in [0, 0.05) is 39.7 Å². The van der Waals surface area contributed by atoms with Crippen molar-refractivity contribution in [3.63, 3.8) is 0 Å². The molecule has 0 radical (unpaired) electrons. The molecule has 4 atom stereocenters. The summed E-state index contributed by atoms with van der Waals surface area (Å²) in [5.41, 5.74) is 3.00. The van der Waals surface area contributed by atoms with Gasteiger partial charge in [0.2, 0.25) is 5.91 Å². The predicted molar refractivity (Wildman–Crippen MR) is 159 cm³/mol. The number of hydrogen-bond donors (Lipinski definition) is 4. The van der Waals surface area contributed by atoms with Crippen molar-refractivity contribution < 1.29 is 19.4 Å². The first-order chi connectivity index (χ1) is 18.9. The molecule has 0 unspecified atom stereocenters. The van der Waals surface area contributed by atoms with Gasteiger partial charge in [-0.15, -0.1) is 0 Å². The van der Waals surface area contributed by atoms with Gasteiger partial charge in [0.25, 0.3) is 0 Å². The van der Waals surface area contributed by atoms with Crippen molar-refractivity contribution in [2.24, 2.45) is 5.41 Å². The minimum absolute atomic E-state index is 0.0278. The van der Waals surface area contributed by atoms with Crippen LogP contribution in [0.25, 0.3) is 0 Å². The number of carboxylic acids is 1. The van der Waals surface area contributed by atoms with E-state index in [1.54, 1.807) is 6.07 Å². The number of ether oxygens (including phenoxy) is 1. The molecule has 0 saturated carbocycles. The van der Waals surface area contributed by atoms with Crippen LogP contribution in [0.3, 0.4) is 0 Å². The third-order valence-corrected chi connectivity index (χ3v) is 8.43. The van der Waals surface area contributed by atoms with Crippen LogP contribution in [-0.4, -0.2) is 42.7 Å². The van der Waals surface area contributed by atoms with Gasteiger partial charge in [0.15, 0.2) is 0 Å². The van der Waals surface area contributed by atoms with Gasteiger partial charge in [0.05, 0.1) is 24.4 Å². The number of fused-ring (bicyclic) bond motifs is 2. The van der Waals surface area contributed by atoms with E-state index in [0.717, 1.165) is 23.2 Å². The van der Waals surface area contributed by atoms with Gasteiger partial charge in [-0.25, -0.2) is 4.79 Å². The molecule has 3 aromatic rings. The lowest BCUT2D eigenvalue weighted by Crippen LogP contribution is -2.46. The molecule has 7 nitrogen and oxygen atoms in total. The fourth-order valence-electron chi connectivity index (χ4n) is 6.38. The topological polar surface area (TPSA) is 99.7 Å². The number of amides is 1. The average molecular weight is 583 g/mol. The number of rotatable bonds is 6. The number of carbonyl (C=O) groups excluding carboxylic acids is 1. The van der Waals surface area contributed by atoms with E-state index < -0.39 is 17.4 Å². The third-order valence-electron chi connectivity index (χ3n) is 7.96. The Balaban J connectivity index is 1.63. The number of benzene rings is 3. The molecule has 2 aliphatic heterocycles. The number of halogens is 2. The maximum Gasteiger partial charge on any atom is 0.335 e. The van der Waals surface area contributed by atoms with E-state index in [-0.39, 0.29) is 34.6 Å². The standard InChI is InChI=1S/C31H33Cl2N3O4/c1-30(2,3)15-25-31(16-34-23-14-20(33)9-10-21(23)31)26(17-6-5-7-19(32)12-17)27(36-25)28(37)35-22-11-8-18(29(38)39)13-24(22)40-4/h5-14,25-27,34,36H,15-16H2,1-4H3,(H,35,37)(H,38,39)/t25-,26-,27+,31-/m0/s1. The highest BCUT2D eigenvalue weighted by Gasteiger charge is 2.61. The Morgan fingerprint density at radius 1 is 1.07 bits per heavy atom. The SMILES string of the molecule is COc1cc(C(=O)O)ccc1NC(=O)[C@@H]1N[C@@H](CC(C)(C)C)[C@@]2(CNc3cc(Cl)ccc32)[C@H]1c1cccc(Cl)c1. The third kappa shape index (κ3) is 5.14. The number of hydrogen-bond acceptors (Lipinski definition) is 5. The fourth-order valence-corrected chi connectivity index (χ4v) is 6.75. The summed E-state index contributed by atoms with van der Waals surface area (Å²) in [5, 5.41) is 21.0. The molecule has 1 spiro atoms. The van der Waals surface area contributed by atoms with Gasteiger partial charge in [-0.1, -0.05) is 62.2 Å². The molecule has 9 heteroatoms. The van der Waals surface area contributed by atoms with E-state index in [0.29, 0.717) is 22.3 Å². The van der Waals surface area contributed by atoms with Crippen molar-refractivity contribution in [3.05, 3.63) is 87.4 Å². The van der Waals surface area contributed by atoms with E-state index in [1.807, 2.05) is 36.4 Å². The lowest BCUT2D eigenvalue weighted by Gasteiger charge is -2.39. The number of nitrogens with one attached hydrogen (secondary N) is 3. The van der Waals surface area contributed by atoms with Gasteiger partial charge in [0.1, 0.15) is 5.75 Å². The molecule has 0 aliphatic carbocycles. The second kappa shape index (κ2) is 10.6. The van der Waals surface area contributed by atoms with Crippen LogP contribution in [0.1, 0.15) is 54.6 Å². The van der Waals surface area contributed by atoms with E-state index in [1.165, 1.54) is 19.2 Å². The predicted octanol–water partition coefficient (Wildman–Crippen LogP) is 6.56. The number of carbonyl (C=O) groups is 2. The van der Waals surface area contributed by atoms with E-state index >= 15 is 0 Å². The van der Waals surface area contributed by atoms with Crippen molar-refractivity contribution in [2.45, 2.75) is 50.6 Å². The van der Waals surface area contributed by atoms with Gasteiger partial charge >= 0.3 is 5.97 Å². The van der Waals surface area contributed by atoms with E-state index in [2.05, 4.69) is 42.8 Å². The van der Waals surface area contributed by atoms with Gasteiger partial charge in [-0.2, -0.15) is 0 Å². The molecule has 1 fully saturated rings. The molecule has 3 aromatic carbocycles. The normalized spacial score (nSPS) is 23.5. The van der Waals surface area contributed by atoms with Crippen LogP contribution in [0.2, 0.25) is 10.0 Å². The highest BCUT2D eigenvalue weighted by molar-refractivity contribution is 6.31. The molecule has 1 amide bonds. The summed E-state index contributed by atoms with van der Waals surface area (Å²) in [6.07, 6.45) is 0.814. The maximum absolute atomic E-state index is 14.2. The number of anilines is 2. The molecule has 5 rings (SSSR count). The molecule has 2 aliphatic rings. The summed E-state index contributed by atoms with van der Waals surface area (Å²) >= 11 is 12.9. The second-order valence-electron chi connectivity index (χ2n) is 11.8. The zero-order valence-corrected chi connectivity index (χ0v) is 24.4. The summed E-state index contributed by atoms with van der Waals surface area (Å²) in [5.74, 6) is -1.33. The Labute approximate surface area is 244 Å². The van der Waals surface area contributed by atoms with Crippen molar-refractivity contribution in [2.75, 3.05) is 24.3 Å². The van der Waals surface area contributed by atoms with Crippen molar-refractivity contribution in [3.8, 4) is 5.75 Å². The van der Waals surface area contributed by atoms with Crippen molar-refractivity contribution >= 4 is 46.5 Å². The molecular weight excluding hydrogens is 549 g/mol. The molecule has 40 heavy (non-hydrogen) atoms. The molecule has 210 valence electrons. The lowest BCUT2D eigenvalue weighted by molar-refractivity contribution is -0.118. The minimum Gasteiger partial charge on any atom is -0.495 e. The first kappa shape index (κ1) is 28.3. The highest BCUT2D eigenvalue weighted by Crippen LogP contribution is 2.56. The number of methoxy groups -OCH3 is 1. The smallest absolute Gasteiger partial charge is 0.335 e. The fraction of sp³-hybridized carbons (Fsp3) is 0.355. The summed E-state index contributed by atoms with van der Waals surface area (Å²) in [6, 6.07) is 17.3. The minimum atomic E-state index is -1.07. The van der Waals surface area contributed by atoms with Crippen LogP contribution in [-0.2, 0) is 10.2 Å². The molecule has 1 saturated heterocycles. The van der Waals surface area contributed by atoms with Crippen LogP contribution in [0, 0.1) is 5.41 Å². The second-order valence-corrected chi connectivity index (χ2v) is 12.7. The first-order valence-electron chi connectivity index (χ1n) is 13.2. The van der Waals surface area contributed by atoms with Gasteiger partial charge in [-0.3, -0.25) is 4.79 Å². The van der Waals surface area contributed by atoms with Crippen LogP contribution in [0.15, 0.2) is 60.7 Å². The van der Waals surface area contributed by atoms with Crippen LogP contribution in [0.5, 0.6) is 5.75 Å².